The van der Waals surface area contributed by atoms with E-state index in [0.717, 1.165) is 11.3 Å². The van der Waals surface area contributed by atoms with Crippen molar-refractivity contribution < 1.29 is 12.8 Å². The number of rotatable bonds is 6. The second-order valence-corrected chi connectivity index (χ2v) is 7.79. The molecule has 5 nitrogen and oxygen atoms in total. The maximum Gasteiger partial charge on any atom is 0.254 e. The molecule has 0 aliphatic carbocycles. The van der Waals surface area contributed by atoms with Crippen LogP contribution in [0.1, 0.15) is 12.2 Å². The first-order valence-corrected chi connectivity index (χ1v) is 8.79. The lowest BCUT2D eigenvalue weighted by Crippen LogP contribution is -2.31. The van der Waals surface area contributed by atoms with Gasteiger partial charge >= 0.3 is 0 Å². The van der Waals surface area contributed by atoms with Gasteiger partial charge in [-0.3, -0.25) is 0 Å². The molecule has 0 unspecified atom stereocenters. The van der Waals surface area contributed by atoms with E-state index in [4.69, 9.17) is 9.68 Å². The van der Waals surface area contributed by atoms with Gasteiger partial charge in [0.2, 0.25) is 0 Å². The quantitative estimate of drug-likeness (QED) is 0.777. The summed E-state index contributed by atoms with van der Waals surface area (Å²) in [5.41, 5.74) is 0. The highest BCUT2D eigenvalue weighted by Gasteiger charge is 2.28. The number of nitrogens with zero attached hydrogens (tertiary/aromatic N) is 2. The van der Waals surface area contributed by atoms with Crippen LogP contribution in [0, 0.1) is 11.3 Å². The molecule has 2 rings (SSSR count). The van der Waals surface area contributed by atoms with Crippen LogP contribution < -0.4 is 0 Å². The van der Waals surface area contributed by atoms with Crippen molar-refractivity contribution in [2.24, 2.45) is 0 Å². The van der Waals surface area contributed by atoms with Crippen LogP contribution in [-0.2, 0) is 16.6 Å². The number of hydrogen-bond donors (Lipinski definition) is 0. The smallest absolute Gasteiger partial charge is 0.254 e. The minimum absolute atomic E-state index is 0.112. The summed E-state index contributed by atoms with van der Waals surface area (Å²) >= 11 is 4.37. The first-order chi connectivity index (χ1) is 9.55. The van der Waals surface area contributed by atoms with E-state index in [0.29, 0.717) is 10.2 Å². The third-order valence-electron chi connectivity index (χ3n) is 2.54. The highest BCUT2D eigenvalue weighted by Crippen LogP contribution is 2.31. The summed E-state index contributed by atoms with van der Waals surface area (Å²) in [4.78, 5) is 0. The fraction of sp³-hybridized carbons (Fsp3) is 0.250. The van der Waals surface area contributed by atoms with Crippen LogP contribution in [0.3, 0.4) is 0 Å². The van der Waals surface area contributed by atoms with Crippen LogP contribution in [0.15, 0.2) is 42.9 Å². The molecule has 20 heavy (non-hydrogen) atoms. The van der Waals surface area contributed by atoms with Crippen molar-refractivity contribution >= 4 is 37.3 Å². The van der Waals surface area contributed by atoms with Crippen molar-refractivity contribution in [3.63, 3.8) is 0 Å². The van der Waals surface area contributed by atoms with E-state index in [9.17, 15) is 8.42 Å². The number of hydrogen-bond acceptors (Lipinski definition) is 5. The minimum Gasteiger partial charge on any atom is -0.468 e. The lowest BCUT2D eigenvalue weighted by molar-refractivity contribution is 0.369. The van der Waals surface area contributed by atoms with Gasteiger partial charge < -0.3 is 4.42 Å². The van der Waals surface area contributed by atoms with Gasteiger partial charge in [-0.25, -0.2) is 8.42 Å². The molecule has 2 heterocycles. The Morgan fingerprint density at radius 2 is 2.25 bits per heavy atom. The molecular formula is C12H11BrN2O3S2. The average Bonchev–Trinajstić information content (AvgIpc) is 3.05. The Morgan fingerprint density at radius 1 is 1.45 bits per heavy atom. The summed E-state index contributed by atoms with van der Waals surface area (Å²) in [6.07, 6.45) is 1.62. The SMILES string of the molecule is N#CCCN(Cc1ccco1)S(=O)(=O)c1sccc1Br. The van der Waals surface area contributed by atoms with E-state index in [1.165, 1.54) is 10.6 Å². The monoisotopic (exact) mass is 374 g/mol. The summed E-state index contributed by atoms with van der Waals surface area (Å²) in [5, 5.41) is 10.4. The fourth-order valence-corrected chi connectivity index (χ4v) is 5.47. The Hall–Kier alpha value is -1.14. The second kappa shape index (κ2) is 6.54. The van der Waals surface area contributed by atoms with Crippen molar-refractivity contribution in [1.82, 2.24) is 4.31 Å². The van der Waals surface area contributed by atoms with Crippen LogP contribution in [0.2, 0.25) is 0 Å². The second-order valence-electron chi connectivity index (χ2n) is 3.88. The van der Waals surface area contributed by atoms with Crippen LogP contribution in [-0.4, -0.2) is 19.3 Å². The number of thiophene rings is 1. The Bertz CT molecular complexity index is 701. The largest absolute Gasteiger partial charge is 0.468 e. The maximum atomic E-state index is 12.6. The molecular weight excluding hydrogens is 364 g/mol. The van der Waals surface area contributed by atoms with E-state index in [1.807, 2.05) is 6.07 Å². The summed E-state index contributed by atoms with van der Waals surface area (Å²) < 4.78 is 32.4. The lowest BCUT2D eigenvalue weighted by atomic mass is 10.4. The van der Waals surface area contributed by atoms with Crippen molar-refractivity contribution in [2.45, 2.75) is 17.2 Å². The van der Waals surface area contributed by atoms with Gasteiger partial charge in [-0.1, -0.05) is 0 Å². The van der Waals surface area contributed by atoms with E-state index in [1.54, 1.807) is 23.6 Å². The molecule has 0 amide bonds. The van der Waals surface area contributed by atoms with Crippen molar-refractivity contribution in [3.05, 3.63) is 40.1 Å². The number of sulfonamides is 1. The molecule has 0 aliphatic heterocycles. The highest BCUT2D eigenvalue weighted by molar-refractivity contribution is 9.10. The van der Waals surface area contributed by atoms with Crippen LogP contribution in [0.25, 0.3) is 0 Å². The first-order valence-electron chi connectivity index (χ1n) is 5.68. The zero-order valence-electron chi connectivity index (χ0n) is 10.3. The molecule has 0 N–H and O–H groups in total. The molecule has 2 aromatic rings. The Balaban J connectivity index is 2.30. The Morgan fingerprint density at radius 3 is 2.80 bits per heavy atom. The van der Waals surface area contributed by atoms with E-state index < -0.39 is 10.0 Å². The van der Waals surface area contributed by atoms with Gasteiger partial charge in [-0.2, -0.15) is 9.57 Å². The van der Waals surface area contributed by atoms with Gasteiger partial charge in [-0.15, -0.1) is 11.3 Å². The summed E-state index contributed by atoms with van der Waals surface area (Å²) in [6.45, 7) is 0.241. The van der Waals surface area contributed by atoms with Gasteiger partial charge in [0.1, 0.15) is 9.97 Å². The molecule has 0 fully saturated rings. The Labute approximate surface area is 129 Å². The summed E-state index contributed by atoms with van der Waals surface area (Å²) in [6, 6.07) is 7.06. The molecule has 0 bridgehead atoms. The standard InChI is InChI=1S/C12H11BrN2O3S2/c13-11-4-8-19-12(11)20(16,17)15(6-2-5-14)9-10-3-1-7-18-10/h1,3-4,7-8H,2,6,9H2. The predicted molar refractivity (Wildman–Crippen MR) is 78.6 cm³/mol. The first kappa shape index (κ1) is 15.3. The molecule has 0 aliphatic rings. The molecule has 8 heteroatoms. The molecule has 0 saturated heterocycles. The van der Waals surface area contributed by atoms with Crippen molar-refractivity contribution in [2.75, 3.05) is 6.54 Å². The van der Waals surface area contributed by atoms with Crippen LogP contribution in [0.5, 0.6) is 0 Å². The number of furan rings is 1. The minimum atomic E-state index is -3.64. The van der Waals surface area contributed by atoms with E-state index in [2.05, 4.69) is 15.9 Å². The zero-order valence-corrected chi connectivity index (χ0v) is 13.5. The fourth-order valence-electron chi connectivity index (χ4n) is 1.62. The normalized spacial score (nSPS) is 11.7. The molecule has 0 aromatic carbocycles. The lowest BCUT2D eigenvalue weighted by Gasteiger charge is -2.19. The highest BCUT2D eigenvalue weighted by atomic mass is 79.9. The summed E-state index contributed by atoms with van der Waals surface area (Å²) in [7, 11) is -3.64. The van der Waals surface area contributed by atoms with Crippen LogP contribution in [0.4, 0.5) is 0 Å². The molecule has 106 valence electrons. The summed E-state index contributed by atoms with van der Waals surface area (Å²) in [5.74, 6) is 0.541. The predicted octanol–water partition coefficient (Wildman–Crippen LogP) is 3.21. The molecule has 0 atom stereocenters. The topological polar surface area (TPSA) is 74.3 Å². The van der Waals surface area contributed by atoms with Gasteiger partial charge in [-0.05, 0) is 39.5 Å². The van der Waals surface area contributed by atoms with Gasteiger partial charge in [0, 0.05) is 17.4 Å². The molecule has 2 aromatic heterocycles. The third kappa shape index (κ3) is 3.30. The van der Waals surface area contributed by atoms with Crippen molar-refractivity contribution in [3.8, 4) is 6.07 Å². The van der Waals surface area contributed by atoms with E-state index >= 15 is 0 Å². The average molecular weight is 375 g/mol. The number of nitriles is 1. The maximum absolute atomic E-state index is 12.6. The molecule has 0 radical (unpaired) electrons. The zero-order chi connectivity index (χ0) is 14.6. The molecule has 0 spiro atoms. The van der Waals surface area contributed by atoms with Gasteiger partial charge in [0.25, 0.3) is 10.0 Å². The Kier molecular flexibility index (Phi) is 4.99. The third-order valence-corrected chi connectivity index (χ3v) is 7.04. The van der Waals surface area contributed by atoms with Crippen LogP contribution >= 0.6 is 27.3 Å². The van der Waals surface area contributed by atoms with Gasteiger partial charge in [0.15, 0.2) is 0 Å². The van der Waals surface area contributed by atoms with Crippen molar-refractivity contribution in [1.29, 1.82) is 5.26 Å². The van der Waals surface area contributed by atoms with E-state index in [-0.39, 0.29) is 23.7 Å². The number of halogens is 1. The molecule has 0 saturated carbocycles. The van der Waals surface area contributed by atoms with Gasteiger partial charge in [0.05, 0.1) is 18.9 Å².